The van der Waals surface area contributed by atoms with Gasteiger partial charge in [0, 0.05) is 0 Å². The van der Waals surface area contributed by atoms with E-state index in [-0.39, 0.29) is 12.2 Å². The zero-order valence-corrected chi connectivity index (χ0v) is 18.0. The van der Waals surface area contributed by atoms with Gasteiger partial charge < -0.3 is 9.47 Å². The molecule has 0 aliphatic heterocycles. The summed E-state index contributed by atoms with van der Waals surface area (Å²) in [5, 5.41) is 0. The third kappa shape index (κ3) is 8.59. The van der Waals surface area contributed by atoms with E-state index in [1.54, 1.807) is 54.6 Å². The summed E-state index contributed by atoms with van der Waals surface area (Å²) in [5.74, 6) is -1.82. The molecule has 0 saturated carbocycles. The van der Waals surface area contributed by atoms with Gasteiger partial charge in [-0.05, 0) is 37.1 Å². The Bertz CT molecular complexity index is 858. The number of benzene rings is 2. The summed E-state index contributed by atoms with van der Waals surface area (Å²) >= 11 is 0. The first kappa shape index (κ1) is 24.1. The van der Waals surface area contributed by atoms with Gasteiger partial charge in [-0.2, -0.15) is 0 Å². The van der Waals surface area contributed by atoms with Crippen molar-refractivity contribution in [2.45, 2.75) is 58.0 Å². The van der Waals surface area contributed by atoms with Crippen molar-refractivity contribution in [1.29, 1.82) is 0 Å². The van der Waals surface area contributed by atoms with Crippen LogP contribution in [0.2, 0.25) is 0 Å². The van der Waals surface area contributed by atoms with Crippen molar-refractivity contribution in [3.63, 3.8) is 0 Å². The van der Waals surface area contributed by atoms with Crippen molar-refractivity contribution in [2.24, 2.45) is 0 Å². The molecular formula is C26H30O5. The Hall–Kier alpha value is -3.21. The molecule has 0 N–H and O–H groups in total. The summed E-state index contributed by atoms with van der Waals surface area (Å²) in [7, 11) is 0. The first-order chi connectivity index (χ1) is 15.0. The zero-order chi connectivity index (χ0) is 22.5. The highest BCUT2D eigenvalue weighted by atomic mass is 16.5. The molecule has 1 atom stereocenters. The molecule has 2 aromatic carbocycles. The Labute approximate surface area is 184 Å². The summed E-state index contributed by atoms with van der Waals surface area (Å²) in [6, 6.07) is 17.1. The number of carbonyl (C=O) groups is 3. The highest BCUT2D eigenvalue weighted by Gasteiger charge is 2.23. The molecule has 2 rings (SSSR count). The minimum atomic E-state index is -0.642. The number of ether oxygens (including phenoxy) is 2. The lowest BCUT2D eigenvalue weighted by atomic mass is 10.0. The predicted molar refractivity (Wildman–Crippen MR) is 120 cm³/mol. The lowest BCUT2D eigenvalue weighted by molar-refractivity contribution is -0.120. The molecule has 0 heterocycles. The number of carbonyl (C=O) groups excluding carboxylic acids is 3. The Morgan fingerprint density at radius 2 is 1.35 bits per heavy atom. The lowest BCUT2D eigenvalue weighted by Crippen LogP contribution is -2.23. The van der Waals surface area contributed by atoms with Crippen LogP contribution in [0.5, 0.6) is 0 Å². The summed E-state index contributed by atoms with van der Waals surface area (Å²) in [6.07, 6.45) is 5.12. The van der Waals surface area contributed by atoms with Gasteiger partial charge in [0.25, 0.3) is 0 Å². The van der Waals surface area contributed by atoms with Crippen LogP contribution in [0, 0.1) is 0 Å². The number of rotatable bonds is 13. The minimum Gasteiger partial charge on any atom is -0.458 e. The van der Waals surface area contributed by atoms with Gasteiger partial charge in [-0.1, -0.05) is 75.6 Å². The van der Waals surface area contributed by atoms with Gasteiger partial charge >= 0.3 is 11.9 Å². The molecule has 1 unspecified atom stereocenters. The number of esters is 2. The van der Waals surface area contributed by atoms with E-state index in [1.807, 2.05) is 6.07 Å². The largest absolute Gasteiger partial charge is 0.458 e. The van der Waals surface area contributed by atoms with E-state index < -0.39 is 23.8 Å². The fraction of sp³-hybridized carbons (Fsp3) is 0.346. The number of unbranched alkanes of at least 4 members (excludes halogenated alkanes) is 4. The van der Waals surface area contributed by atoms with Gasteiger partial charge in [-0.3, -0.25) is 4.79 Å². The van der Waals surface area contributed by atoms with Crippen molar-refractivity contribution in [2.75, 3.05) is 0 Å². The smallest absolute Gasteiger partial charge is 0.343 e. The molecule has 0 saturated heterocycles. The average molecular weight is 423 g/mol. The van der Waals surface area contributed by atoms with Crippen LogP contribution in [-0.2, 0) is 14.3 Å². The summed E-state index contributed by atoms with van der Waals surface area (Å²) < 4.78 is 10.7. The molecular weight excluding hydrogens is 392 g/mol. The molecule has 0 fully saturated rings. The van der Waals surface area contributed by atoms with Gasteiger partial charge in [0.1, 0.15) is 6.10 Å². The van der Waals surface area contributed by atoms with Crippen LogP contribution in [0.3, 0.4) is 0 Å². The lowest BCUT2D eigenvalue weighted by Gasteiger charge is -2.18. The van der Waals surface area contributed by atoms with E-state index in [1.165, 1.54) is 0 Å². The second-order valence-electron chi connectivity index (χ2n) is 7.40. The predicted octanol–water partition coefficient (Wildman–Crippen LogP) is 5.90. The van der Waals surface area contributed by atoms with Crippen LogP contribution in [-0.4, -0.2) is 23.8 Å². The van der Waals surface area contributed by atoms with E-state index in [9.17, 15) is 14.4 Å². The van der Waals surface area contributed by atoms with Crippen molar-refractivity contribution in [3.05, 3.63) is 84.1 Å². The Morgan fingerprint density at radius 1 is 0.806 bits per heavy atom. The van der Waals surface area contributed by atoms with Gasteiger partial charge in [0.2, 0.25) is 5.78 Å². The monoisotopic (exact) mass is 422 g/mol. The first-order valence-corrected chi connectivity index (χ1v) is 10.8. The van der Waals surface area contributed by atoms with E-state index in [0.717, 1.165) is 32.1 Å². The number of ketones is 1. The van der Waals surface area contributed by atoms with Crippen LogP contribution in [0.25, 0.3) is 0 Å². The molecule has 5 heteroatoms. The molecule has 0 bridgehead atoms. The maximum Gasteiger partial charge on any atom is 0.343 e. The SMILES string of the molecule is C=C(OC(=O)c1ccccc1)C(=O)CC(CCCCCCC)OC(=O)c1ccccc1. The van der Waals surface area contributed by atoms with E-state index in [2.05, 4.69) is 13.5 Å². The number of allylic oxidation sites excluding steroid dienone is 1. The molecule has 0 amide bonds. The quantitative estimate of drug-likeness (QED) is 0.174. The zero-order valence-electron chi connectivity index (χ0n) is 18.0. The van der Waals surface area contributed by atoms with Crippen molar-refractivity contribution in [3.8, 4) is 0 Å². The van der Waals surface area contributed by atoms with Gasteiger partial charge in [0.15, 0.2) is 5.76 Å². The second-order valence-corrected chi connectivity index (χ2v) is 7.40. The van der Waals surface area contributed by atoms with Gasteiger partial charge in [0.05, 0.1) is 17.5 Å². The van der Waals surface area contributed by atoms with E-state index in [4.69, 9.17) is 9.47 Å². The third-order valence-corrected chi connectivity index (χ3v) is 4.86. The average Bonchev–Trinajstić information content (AvgIpc) is 2.79. The van der Waals surface area contributed by atoms with E-state index in [0.29, 0.717) is 17.5 Å². The fourth-order valence-corrected chi connectivity index (χ4v) is 3.09. The maximum atomic E-state index is 12.6. The number of hydrogen-bond acceptors (Lipinski definition) is 5. The van der Waals surface area contributed by atoms with Crippen molar-refractivity contribution < 1.29 is 23.9 Å². The fourth-order valence-electron chi connectivity index (χ4n) is 3.09. The maximum absolute atomic E-state index is 12.6. The van der Waals surface area contributed by atoms with E-state index >= 15 is 0 Å². The van der Waals surface area contributed by atoms with Crippen molar-refractivity contribution >= 4 is 17.7 Å². The van der Waals surface area contributed by atoms with Crippen LogP contribution < -0.4 is 0 Å². The Balaban J connectivity index is 1.95. The van der Waals surface area contributed by atoms with Crippen molar-refractivity contribution in [1.82, 2.24) is 0 Å². The first-order valence-electron chi connectivity index (χ1n) is 10.8. The molecule has 0 aliphatic rings. The Kier molecular flexibility index (Phi) is 10.2. The standard InChI is InChI=1S/C26H30O5/c1-3-4-5-6-13-18-23(31-26(29)22-16-11-8-12-17-22)19-24(27)20(2)30-25(28)21-14-9-7-10-15-21/h7-12,14-17,23H,2-6,13,18-19H2,1H3. The summed E-state index contributed by atoms with van der Waals surface area (Å²) in [5.41, 5.74) is 0.764. The Morgan fingerprint density at radius 3 is 1.94 bits per heavy atom. The molecule has 0 aromatic heterocycles. The summed E-state index contributed by atoms with van der Waals surface area (Å²) in [4.78, 5) is 37.2. The highest BCUT2D eigenvalue weighted by Crippen LogP contribution is 2.17. The van der Waals surface area contributed by atoms with Crippen LogP contribution in [0.4, 0.5) is 0 Å². The molecule has 2 aromatic rings. The van der Waals surface area contributed by atoms with Gasteiger partial charge in [-0.15, -0.1) is 0 Å². The number of hydrogen-bond donors (Lipinski definition) is 0. The third-order valence-electron chi connectivity index (χ3n) is 4.86. The van der Waals surface area contributed by atoms with Gasteiger partial charge in [-0.25, -0.2) is 9.59 Å². The molecule has 5 nitrogen and oxygen atoms in total. The molecule has 0 spiro atoms. The topological polar surface area (TPSA) is 69.7 Å². The molecule has 0 radical (unpaired) electrons. The highest BCUT2D eigenvalue weighted by molar-refractivity contribution is 5.99. The van der Waals surface area contributed by atoms with Crippen LogP contribution >= 0.6 is 0 Å². The minimum absolute atomic E-state index is 0.0761. The molecule has 0 aliphatic carbocycles. The van der Waals surface area contributed by atoms with Crippen LogP contribution in [0.15, 0.2) is 73.0 Å². The summed E-state index contributed by atoms with van der Waals surface area (Å²) in [6.45, 7) is 5.74. The molecule has 31 heavy (non-hydrogen) atoms. The number of Topliss-reactive ketones (excluding diaryl/α,β-unsaturated/α-hetero) is 1. The molecule has 164 valence electrons. The van der Waals surface area contributed by atoms with Crippen LogP contribution in [0.1, 0.15) is 72.6 Å². The second kappa shape index (κ2) is 13.2. The normalized spacial score (nSPS) is 11.4.